The van der Waals surface area contributed by atoms with Crippen molar-refractivity contribution in [2.24, 2.45) is 5.41 Å². The van der Waals surface area contributed by atoms with Crippen LogP contribution in [-0.2, 0) is 0 Å². The smallest absolute Gasteiger partial charge is 0.225 e. The van der Waals surface area contributed by atoms with E-state index in [1.165, 1.54) is 0 Å². The largest absolute Gasteiger partial charge is 0.381 e. The molecule has 2 heterocycles. The molecule has 0 radical (unpaired) electrons. The summed E-state index contributed by atoms with van der Waals surface area (Å²) in [6.07, 6.45) is 0.942. The number of anilines is 2. The molecule has 0 aliphatic heterocycles. The molecule has 6 nitrogen and oxygen atoms in total. The lowest BCUT2D eigenvalue weighted by molar-refractivity contribution is 0.301. The number of hydrogen-bond donors (Lipinski definition) is 2. The number of nitriles is 1. The van der Waals surface area contributed by atoms with Crippen LogP contribution in [0.1, 0.15) is 46.6 Å². The number of benzene rings is 1. The third-order valence-corrected chi connectivity index (χ3v) is 4.03. The summed E-state index contributed by atoms with van der Waals surface area (Å²) >= 11 is 0. The summed E-state index contributed by atoms with van der Waals surface area (Å²) < 4.78 is 1.65. The lowest BCUT2D eigenvalue weighted by Crippen LogP contribution is -2.36. The Hall–Kier alpha value is -2.81. The van der Waals surface area contributed by atoms with E-state index in [-0.39, 0.29) is 16.8 Å². The van der Waals surface area contributed by atoms with E-state index in [2.05, 4.69) is 51.1 Å². The number of hydrogen-bond acceptors (Lipinski definition) is 5. The van der Waals surface area contributed by atoms with Crippen LogP contribution in [0.15, 0.2) is 24.3 Å². The van der Waals surface area contributed by atoms with Gasteiger partial charge in [0.1, 0.15) is 11.6 Å². The molecule has 0 spiro atoms. The quantitative estimate of drug-likeness (QED) is 0.755. The van der Waals surface area contributed by atoms with Gasteiger partial charge in [0.05, 0.1) is 11.0 Å². The standard InChI is InChI=1S/C19H24N6/c1-18(2,3)11-19(4,5)23-17-22-14-9-7-6-8-12(14)15-13(10-20)16(21)24-25(15)17/h6-9H,11H2,1-5H3,(H2,21,24)(H,22,23). The second-order valence-corrected chi connectivity index (χ2v) is 8.33. The Kier molecular flexibility index (Phi) is 3.83. The third-order valence-electron chi connectivity index (χ3n) is 4.03. The van der Waals surface area contributed by atoms with Crippen molar-refractivity contribution in [1.29, 1.82) is 5.26 Å². The maximum Gasteiger partial charge on any atom is 0.225 e. The fourth-order valence-electron chi connectivity index (χ4n) is 3.63. The number of nitrogens with two attached hydrogens (primary N) is 1. The highest BCUT2D eigenvalue weighted by Gasteiger charge is 2.27. The third kappa shape index (κ3) is 3.22. The highest BCUT2D eigenvalue weighted by molar-refractivity contribution is 5.98. The first-order valence-electron chi connectivity index (χ1n) is 8.36. The molecule has 0 amide bonds. The minimum atomic E-state index is -0.200. The molecule has 0 aliphatic carbocycles. The molecule has 3 aromatic rings. The first kappa shape index (κ1) is 17.0. The summed E-state index contributed by atoms with van der Waals surface area (Å²) in [6, 6.07) is 9.90. The van der Waals surface area contributed by atoms with Crippen LogP contribution in [0.4, 0.5) is 11.8 Å². The summed E-state index contributed by atoms with van der Waals surface area (Å²) in [5, 5.41) is 18.2. The maximum absolute atomic E-state index is 9.52. The van der Waals surface area contributed by atoms with E-state index in [0.717, 1.165) is 17.3 Å². The summed E-state index contributed by atoms with van der Waals surface area (Å²) in [7, 11) is 0. The minimum absolute atomic E-state index is 0.160. The number of aromatic nitrogens is 3. The van der Waals surface area contributed by atoms with E-state index < -0.39 is 0 Å². The molecule has 0 unspecified atom stereocenters. The topological polar surface area (TPSA) is 92.0 Å². The Balaban J connectivity index is 2.23. The summed E-state index contributed by atoms with van der Waals surface area (Å²) in [5.74, 6) is 0.813. The fraction of sp³-hybridized carbons (Fsp3) is 0.421. The fourth-order valence-corrected chi connectivity index (χ4v) is 3.63. The zero-order chi connectivity index (χ0) is 18.4. The average Bonchev–Trinajstić information content (AvgIpc) is 2.81. The van der Waals surface area contributed by atoms with Crippen LogP contribution in [0.5, 0.6) is 0 Å². The van der Waals surface area contributed by atoms with Gasteiger partial charge in [0.25, 0.3) is 0 Å². The normalized spacial score (nSPS) is 12.5. The molecule has 0 aliphatic rings. The molecule has 1 aromatic carbocycles. The van der Waals surface area contributed by atoms with Crippen molar-refractivity contribution in [3.8, 4) is 6.07 Å². The van der Waals surface area contributed by atoms with Gasteiger partial charge in [0.2, 0.25) is 5.95 Å². The second-order valence-electron chi connectivity index (χ2n) is 8.33. The molecule has 0 fully saturated rings. The van der Waals surface area contributed by atoms with Crippen LogP contribution in [0.25, 0.3) is 16.4 Å². The van der Waals surface area contributed by atoms with Crippen molar-refractivity contribution in [2.45, 2.75) is 46.6 Å². The van der Waals surface area contributed by atoms with E-state index in [0.29, 0.717) is 17.0 Å². The van der Waals surface area contributed by atoms with Crippen molar-refractivity contribution >= 4 is 28.2 Å². The molecule has 3 rings (SSSR count). The molecule has 130 valence electrons. The summed E-state index contributed by atoms with van der Waals surface area (Å²) in [4.78, 5) is 4.73. The zero-order valence-electron chi connectivity index (χ0n) is 15.4. The monoisotopic (exact) mass is 336 g/mol. The Labute approximate surface area is 147 Å². The number of nitrogens with one attached hydrogen (secondary N) is 1. The lowest BCUT2D eigenvalue weighted by Gasteiger charge is -2.33. The summed E-state index contributed by atoms with van der Waals surface area (Å²) in [6.45, 7) is 10.9. The predicted octanol–water partition coefficient (Wildman–Crippen LogP) is 3.96. The van der Waals surface area contributed by atoms with Gasteiger partial charge in [-0.3, -0.25) is 0 Å². The van der Waals surface area contributed by atoms with Crippen LogP contribution in [0.2, 0.25) is 0 Å². The van der Waals surface area contributed by atoms with Crippen LogP contribution >= 0.6 is 0 Å². The highest BCUT2D eigenvalue weighted by atomic mass is 15.3. The molecular weight excluding hydrogens is 312 g/mol. The van der Waals surface area contributed by atoms with Gasteiger partial charge in [-0.05, 0) is 31.7 Å². The van der Waals surface area contributed by atoms with Crippen LogP contribution in [-0.4, -0.2) is 20.1 Å². The zero-order valence-corrected chi connectivity index (χ0v) is 15.4. The average molecular weight is 336 g/mol. The Morgan fingerprint density at radius 2 is 1.88 bits per heavy atom. The van der Waals surface area contributed by atoms with E-state index in [1.54, 1.807) is 4.52 Å². The minimum Gasteiger partial charge on any atom is -0.381 e. The first-order valence-corrected chi connectivity index (χ1v) is 8.36. The maximum atomic E-state index is 9.52. The molecule has 0 atom stereocenters. The molecule has 0 saturated carbocycles. The van der Waals surface area contributed by atoms with E-state index in [9.17, 15) is 5.26 Å². The Morgan fingerprint density at radius 3 is 2.52 bits per heavy atom. The van der Waals surface area contributed by atoms with E-state index in [4.69, 9.17) is 10.7 Å². The number of fused-ring (bicyclic) bond motifs is 3. The summed E-state index contributed by atoms with van der Waals surface area (Å²) in [5.41, 5.74) is 7.82. The van der Waals surface area contributed by atoms with Gasteiger partial charge in [-0.15, -0.1) is 5.10 Å². The van der Waals surface area contributed by atoms with Crippen molar-refractivity contribution in [3.05, 3.63) is 29.8 Å². The van der Waals surface area contributed by atoms with Crippen molar-refractivity contribution < 1.29 is 0 Å². The molecule has 6 heteroatoms. The van der Waals surface area contributed by atoms with Crippen LogP contribution in [0, 0.1) is 16.7 Å². The van der Waals surface area contributed by atoms with Gasteiger partial charge in [0.15, 0.2) is 5.82 Å². The van der Waals surface area contributed by atoms with Crippen molar-refractivity contribution in [2.75, 3.05) is 11.1 Å². The van der Waals surface area contributed by atoms with Crippen molar-refractivity contribution in [3.63, 3.8) is 0 Å². The van der Waals surface area contributed by atoms with Gasteiger partial charge in [-0.2, -0.15) is 9.78 Å². The van der Waals surface area contributed by atoms with Gasteiger partial charge < -0.3 is 11.1 Å². The van der Waals surface area contributed by atoms with E-state index in [1.807, 2.05) is 24.3 Å². The number of nitrogen functional groups attached to an aromatic ring is 1. The van der Waals surface area contributed by atoms with Gasteiger partial charge in [-0.25, -0.2) is 4.98 Å². The van der Waals surface area contributed by atoms with Crippen LogP contribution in [0.3, 0.4) is 0 Å². The molecule has 3 N–H and O–H groups in total. The second kappa shape index (κ2) is 5.62. The van der Waals surface area contributed by atoms with Crippen LogP contribution < -0.4 is 11.1 Å². The molecule has 2 aromatic heterocycles. The lowest BCUT2D eigenvalue weighted by atomic mass is 9.82. The van der Waals surface area contributed by atoms with Gasteiger partial charge in [-0.1, -0.05) is 39.0 Å². The van der Waals surface area contributed by atoms with Crippen molar-refractivity contribution in [1.82, 2.24) is 14.6 Å². The SMILES string of the molecule is CC(C)(C)CC(C)(C)Nc1nc2ccccc2c2c(C#N)c(N)nn12. The molecular formula is C19H24N6. The Bertz CT molecular complexity index is 985. The van der Waals surface area contributed by atoms with Gasteiger partial charge in [0, 0.05) is 10.9 Å². The first-order chi connectivity index (χ1) is 11.6. The van der Waals surface area contributed by atoms with Gasteiger partial charge >= 0.3 is 0 Å². The highest BCUT2D eigenvalue weighted by Crippen LogP contribution is 2.32. The molecule has 25 heavy (non-hydrogen) atoms. The molecule has 0 bridgehead atoms. The van der Waals surface area contributed by atoms with E-state index >= 15 is 0 Å². The number of para-hydroxylation sites is 1. The number of rotatable bonds is 3. The Morgan fingerprint density at radius 1 is 1.20 bits per heavy atom. The molecule has 0 saturated heterocycles. The number of nitrogens with zero attached hydrogens (tertiary/aromatic N) is 4. The predicted molar refractivity (Wildman–Crippen MR) is 101 cm³/mol.